The molecule has 0 aliphatic heterocycles. The number of H-pyrrole nitrogens is 1. The van der Waals surface area contributed by atoms with Crippen molar-refractivity contribution in [2.75, 3.05) is 0 Å². The highest BCUT2D eigenvalue weighted by Gasteiger charge is 2.09. The fraction of sp³-hybridized carbons (Fsp3) is 0.0833. The van der Waals surface area contributed by atoms with Gasteiger partial charge in [0.1, 0.15) is 5.69 Å². The Morgan fingerprint density at radius 3 is 2.83 bits per heavy atom. The molecule has 3 heterocycles. The maximum Gasteiger partial charge on any atom is 0.296 e. The monoisotopic (exact) mass is 241 g/mol. The van der Waals surface area contributed by atoms with Crippen LogP contribution in [-0.4, -0.2) is 24.3 Å². The lowest BCUT2D eigenvalue weighted by molar-refractivity contribution is 0.816. The summed E-state index contributed by atoms with van der Waals surface area (Å²) in [5.41, 5.74) is 1.22. The third kappa shape index (κ3) is 1.64. The Balaban J connectivity index is 2.12. The van der Waals surface area contributed by atoms with Crippen LogP contribution in [0.4, 0.5) is 0 Å². The number of nitrogens with zero attached hydrogens (tertiary/aromatic N) is 4. The summed E-state index contributed by atoms with van der Waals surface area (Å²) in [4.78, 5) is 20.5. The van der Waals surface area contributed by atoms with E-state index >= 15 is 0 Å². The Labute approximate surface area is 103 Å². The second-order valence-electron chi connectivity index (χ2n) is 3.91. The quantitative estimate of drug-likeness (QED) is 0.729. The van der Waals surface area contributed by atoms with Gasteiger partial charge < -0.3 is 0 Å². The van der Waals surface area contributed by atoms with Gasteiger partial charge in [0.25, 0.3) is 5.56 Å². The van der Waals surface area contributed by atoms with Crippen molar-refractivity contribution in [1.29, 1.82) is 0 Å². The molecule has 3 aromatic heterocycles. The van der Waals surface area contributed by atoms with Crippen LogP contribution in [0.2, 0.25) is 0 Å². The summed E-state index contributed by atoms with van der Waals surface area (Å²) in [7, 11) is 0. The molecule has 3 aromatic rings. The highest BCUT2D eigenvalue weighted by atomic mass is 16.1. The van der Waals surface area contributed by atoms with Crippen molar-refractivity contribution in [2.24, 2.45) is 0 Å². The lowest BCUT2D eigenvalue weighted by Gasteiger charge is -1.98. The molecule has 3 rings (SSSR count). The first-order chi connectivity index (χ1) is 8.75. The summed E-state index contributed by atoms with van der Waals surface area (Å²) in [6, 6.07) is 5.40. The van der Waals surface area contributed by atoms with E-state index in [4.69, 9.17) is 0 Å². The highest BCUT2D eigenvalue weighted by molar-refractivity contribution is 5.31. The van der Waals surface area contributed by atoms with Crippen molar-refractivity contribution < 1.29 is 0 Å². The van der Waals surface area contributed by atoms with Crippen LogP contribution in [-0.2, 0) is 0 Å². The van der Waals surface area contributed by atoms with E-state index in [-0.39, 0.29) is 5.56 Å². The predicted octanol–water partition coefficient (Wildman–Crippen LogP) is 1.05. The molecule has 1 N–H and O–H groups in total. The lowest BCUT2D eigenvalue weighted by atomic mass is 10.4. The molecule has 0 amide bonds. The Hall–Kier alpha value is -2.63. The Morgan fingerprint density at radius 1 is 1.28 bits per heavy atom. The first-order valence-electron chi connectivity index (χ1n) is 5.48. The van der Waals surface area contributed by atoms with Crippen LogP contribution >= 0.6 is 0 Å². The molecular weight excluding hydrogens is 230 g/mol. The van der Waals surface area contributed by atoms with E-state index in [0.29, 0.717) is 11.5 Å². The second-order valence-corrected chi connectivity index (χ2v) is 3.91. The molecular formula is C12H11N5O. The van der Waals surface area contributed by atoms with Crippen LogP contribution in [0.5, 0.6) is 0 Å². The van der Waals surface area contributed by atoms with Gasteiger partial charge in [-0.2, -0.15) is 4.68 Å². The summed E-state index contributed by atoms with van der Waals surface area (Å²) in [5, 5.41) is 2.89. The predicted molar refractivity (Wildman–Crippen MR) is 66.0 cm³/mol. The third-order valence-electron chi connectivity index (χ3n) is 2.62. The highest BCUT2D eigenvalue weighted by Crippen LogP contribution is 2.04. The van der Waals surface area contributed by atoms with Crippen LogP contribution in [0, 0.1) is 6.92 Å². The van der Waals surface area contributed by atoms with Crippen molar-refractivity contribution in [2.45, 2.75) is 6.92 Å². The molecule has 18 heavy (non-hydrogen) atoms. The summed E-state index contributed by atoms with van der Waals surface area (Å²) in [5.74, 6) is 0.561. The summed E-state index contributed by atoms with van der Waals surface area (Å²) < 4.78 is 3.08. The zero-order chi connectivity index (χ0) is 12.5. The van der Waals surface area contributed by atoms with Gasteiger partial charge in [-0.25, -0.2) is 9.97 Å². The lowest BCUT2D eigenvalue weighted by Crippen LogP contribution is -2.18. The Morgan fingerprint density at radius 2 is 2.17 bits per heavy atom. The van der Waals surface area contributed by atoms with Gasteiger partial charge in [0.2, 0.25) is 0 Å². The maximum atomic E-state index is 12.2. The summed E-state index contributed by atoms with van der Waals surface area (Å²) in [6.07, 6.45) is 6.69. The molecule has 0 aromatic carbocycles. The van der Waals surface area contributed by atoms with Crippen LogP contribution in [0.3, 0.4) is 0 Å². The van der Waals surface area contributed by atoms with Gasteiger partial charge in [0, 0.05) is 18.6 Å². The first kappa shape index (κ1) is 10.5. The fourth-order valence-electron chi connectivity index (χ4n) is 1.75. The number of hydrogen-bond donors (Lipinski definition) is 1. The number of hydrogen-bond acceptors (Lipinski definition) is 3. The van der Waals surface area contributed by atoms with Crippen molar-refractivity contribution >= 4 is 0 Å². The number of rotatable bonds is 2. The van der Waals surface area contributed by atoms with Crippen LogP contribution in [0.1, 0.15) is 5.69 Å². The molecule has 6 nitrogen and oxygen atoms in total. The smallest absolute Gasteiger partial charge is 0.296 e. The average molecular weight is 241 g/mol. The largest absolute Gasteiger partial charge is 0.300 e. The van der Waals surface area contributed by atoms with Gasteiger partial charge in [-0.05, 0) is 19.1 Å². The minimum atomic E-state index is -0.161. The minimum Gasteiger partial charge on any atom is -0.300 e. The van der Waals surface area contributed by atoms with E-state index in [1.165, 1.54) is 4.68 Å². The number of aromatic nitrogens is 5. The second kappa shape index (κ2) is 3.99. The van der Waals surface area contributed by atoms with Gasteiger partial charge in [-0.1, -0.05) is 6.07 Å². The fourth-order valence-corrected chi connectivity index (χ4v) is 1.75. The molecule has 0 radical (unpaired) electrons. The maximum absolute atomic E-state index is 12.2. The molecule has 90 valence electrons. The van der Waals surface area contributed by atoms with E-state index in [1.807, 2.05) is 13.0 Å². The number of pyridine rings is 1. The normalized spacial score (nSPS) is 10.7. The van der Waals surface area contributed by atoms with E-state index in [2.05, 4.69) is 15.1 Å². The topological polar surface area (TPSA) is 68.5 Å². The number of imidazole rings is 1. The van der Waals surface area contributed by atoms with Gasteiger partial charge in [0.05, 0.1) is 12.0 Å². The molecule has 0 unspecified atom stereocenters. The number of aromatic amines is 1. The minimum absolute atomic E-state index is 0.161. The number of nitrogens with one attached hydrogen (secondary N) is 1. The van der Waals surface area contributed by atoms with Crippen molar-refractivity contribution in [3.63, 3.8) is 0 Å². The van der Waals surface area contributed by atoms with Crippen molar-refractivity contribution in [1.82, 2.24) is 24.3 Å². The molecule has 0 atom stereocenters. The van der Waals surface area contributed by atoms with E-state index in [0.717, 1.165) is 5.69 Å². The Bertz CT molecular complexity index is 722. The molecule has 0 saturated carbocycles. The van der Waals surface area contributed by atoms with Gasteiger partial charge in [0.15, 0.2) is 5.82 Å². The van der Waals surface area contributed by atoms with E-state index < -0.39 is 0 Å². The van der Waals surface area contributed by atoms with Crippen LogP contribution in [0.15, 0.2) is 47.9 Å². The summed E-state index contributed by atoms with van der Waals surface area (Å²) >= 11 is 0. The Kier molecular flexibility index (Phi) is 2.33. The van der Waals surface area contributed by atoms with E-state index in [9.17, 15) is 4.79 Å². The first-order valence-corrected chi connectivity index (χ1v) is 5.48. The third-order valence-corrected chi connectivity index (χ3v) is 2.62. The summed E-state index contributed by atoms with van der Waals surface area (Å²) in [6.45, 7) is 1.88. The molecule has 0 spiro atoms. The molecule has 0 aliphatic carbocycles. The standard InChI is InChI=1S/C12H11N5O/c1-9-7-16(8-14-9)10-6-15-17(12(10)18)11-4-2-3-5-13-11/h2-8,15H,1H3. The van der Waals surface area contributed by atoms with E-state index in [1.54, 1.807) is 41.6 Å². The van der Waals surface area contributed by atoms with Crippen molar-refractivity contribution in [3.8, 4) is 11.5 Å². The van der Waals surface area contributed by atoms with Gasteiger partial charge in [-0.15, -0.1) is 0 Å². The molecule has 6 heteroatoms. The zero-order valence-corrected chi connectivity index (χ0v) is 9.74. The van der Waals surface area contributed by atoms with Crippen molar-refractivity contribution in [3.05, 3.63) is 59.2 Å². The number of aryl methyl sites for hydroxylation is 1. The zero-order valence-electron chi connectivity index (χ0n) is 9.74. The molecule has 0 saturated heterocycles. The average Bonchev–Trinajstić information content (AvgIpc) is 2.97. The van der Waals surface area contributed by atoms with Gasteiger partial charge >= 0.3 is 0 Å². The van der Waals surface area contributed by atoms with Crippen LogP contribution < -0.4 is 5.56 Å². The SMILES string of the molecule is Cc1cn(-c2c[nH]n(-c3ccccn3)c2=O)cn1. The van der Waals surface area contributed by atoms with Crippen LogP contribution in [0.25, 0.3) is 11.5 Å². The molecule has 0 aliphatic rings. The van der Waals surface area contributed by atoms with Gasteiger partial charge in [-0.3, -0.25) is 14.5 Å². The molecule has 0 bridgehead atoms. The molecule has 0 fully saturated rings.